The number of likely N-dealkylation sites (tertiary alicyclic amines) is 1. The fraction of sp³-hybridized carbons (Fsp3) is 0.929. The predicted octanol–water partition coefficient (Wildman–Crippen LogP) is 2.87. The Morgan fingerprint density at radius 3 is 2.44 bits per heavy atom. The smallest absolute Gasteiger partial charge is 0.149 e. The van der Waals surface area contributed by atoms with Crippen LogP contribution < -0.4 is 0 Å². The maximum Gasteiger partial charge on any atom is 0.149 e. The monoisotopic (exact) mass is 223 g/mol. The first-order chi connectivity index (χ1) is 7.66. The number of piperidine rings is 1. The molecule has 0 spiro atoms. The summed E-state index contributed by atoms with van der Waals surface area (Å²) in [6, 6.07) is 0.257. The molecule has 0 N–H and O–H groups in total. The lowest BCUT2D eigenvalue weighted by molar-refractivity contribution is -0.125. The van der Waals surface area contributed by atoms with Crippen LogP contribution in [-0.2, 0) is 4.79 Å². The van der Waals surface area contributed by atoms with Crippen molar-refractivity contribution in [3.63, 3.8) is 0 Å². The Morgan fingerprint density at radius 2 is 1.75 bits per heavy atom. The van der Waals surface area contributed by atoms with Crippen LogP contribution in [0.15, 0.2) is 0 Å². The molecule has 2 heteroatoms. The maximum absolute atomic E-state index is 12.1. The van der Waals surface area contributed by atoms with Crippen molar-refractivity contribution in [2.24, 2.45) is 11.8 Å². The van der Waals surface area contributed by atoms with Crippen molar-refractivity contribution in [3.8, 4) is 0 Å². The van der Waals surface area contributed by atoms with Crippen molar-refractivity contribution in [3.05, 3.63) is 0 Å². The van der Waals surface area contributed by atoms with E-state index >= 15 is 0 Å². The predicted molar refractivity (Wildman–Crippen MR) is 66.4 cm³/mol. The summed E-state index contributed by atoms with van der Waals surface area (Å²) in [6.07, 6.45) is 6.88. The SMILES string of the molecule is CC1CC(C)CN(C2CCCCCC2=O)C1. The van der Waals surface area contributed by atoms with Gasteiger partial charge in [0.05, 0.1) is 6.04 Å². The van der Waals surface area contributed by atoms with Gasteiger partial charge in [0.1, 0.15) is 5.78 Å². The van der Waals surface area contributed by atoms with E-state index in [1.807, 2.05) is 0 Å². The van der Waals surface area contributed by atoms with E-state index < -0.39 is 0 Å². The van der Waals surface area contributed by atoms with Gasteiger partial charge in [-0.1, -0.05) is 26.7 Å². The third-order valence-electron chi connectivity index (χ3n) is 4.11. The topological polar surface area (TPSA) is 20.3 Å². The van der Waals surface area contributed by atoms with Crippen LogP contribution in [0.5, 0.6) is 0 Å². The lowest BCUT2D eigenvalue weighted by Gasteiger charge is -2.39. The summed E-state index contributed by atoms with van der Waals surface area (Å²) in [4.78, 5) is 14.6. The largest absolute Gasteiger partial charge is 0.298 e. The van der Waals surface area contributed by atoms with Gasteiger partial charge in [0.2, 0.25) is 0 Å². The number of rotatable bonds is 1. The number of hydrogen-bond acceptors (Lipinski definition) is 2. The Bertz CT molecular complexity index is 241. The Kier molecular flexibility index (Phi) is 4.01. The van der Waals surface area contributed by atoms with Crippen LogP contribution in [0.4, 0.5) is 0 Å². The number of carbonyl (C=O) groups is 1. The van der Waals surface area contributed by atoms with Crippen molar-refractivity contribution < 1.29 is 4.79 Å². The molecule has 1 heterocycles. The minimum Gasteiger partial charge on any atom is -0.298 e. The van der Waals surface area contributed by atoms with Gasteiger partial charge in [-0.2, -0.15) is 0 Å². The van der Waals surface area contributed by atoms with E-state index in [2.05, 4.69) is 18.7 Å². The van der Waals surface area contributed by atoms with Gasteiger partial charge in [-0.3, -0.25) is 9.69 Å². The molecule has 1 aliphatic heterocycles. The lowest BCUT2D eigenvalue weighted by atomic mass is 9.89. The van der Waals surface area contributed by atoms with Gasteiger partial charge in [0.15, 0.2) is 0 Å². The van der Waals surface area contributed by atoms with Gasteiger partial charge in [-0.15, -0.1) is 0 Å². The van der Waals surface area contributed by atoms with Gasteiger partial charge in [0, 0.05) is 19.5 Å². The zero-order valence-electron chi connectivity index (χ0n) is 10.7. The molecule has 0 radical (unpaired) electrons. The quantitative estimate of drug-likeness (QED) is 0.637. The minimum absolute atomic E-state index is 0.257. The van der Waals surface area contributed by atoms with Crippen LogP contribution in [0.3, 0.4) is 0 Å². The Morgan fingerprint density at radius 1 is 1.06 bits per heavy atom. The standard InChI is InChI=1S/C14H25NO/c1-11-8-12(2)10-15(9-11)13-6-4-3-5-7-14(13)16/h11-13H,3-10H2,1-2H3. The molecule has 2 rings (SSSR count). The van der Waals surface area contributed by atoms with Crippen molar-refractivity contribution in [2.45, 2.75) is 58.4 Å². The summed E-state index contributed by atoms with van der Waals surface area (Å²) < 4.78 is 0. The van der Waals surface area contributed by atoms with Crippen LogP contribution in [-0.4, -0.2) is 29.8 Å². The van der Waals surface area contributed by atoms with Crippen molar-refractivity contribution in [1.82, 2.24) is 4.90 Å². The molecule has 16 heavy (non-hydrogen) atoms. The normalized spacial score (nSPS) is 38.4. The van der Waals surface area contributed by atoms with Crippen LogP contribution >= 0.6 is 0 Å². The Labute approximate surface area is 99.4 Å². The van der Waals surface area contributed by atoms with Gasteiger partial charge in [0.25, 0.3) is 0 Å². The van der Waals surface area contributed by atoms with Crippen LogP contribution in [0.2, 0.25) is 0 Å². The number of hydrogen-bond donors (Lipinski definition) is 0. The average molecular weight is 223 g/mol. The first-order valence-electron chi connectivity index (χ1n) is 6.93. The summed E-state index contributed by atoms with van der Waals surface area (Å²) in [6.45, 7) is 6.93. The molecule has 1 aliphatic carbocycles. The first kappa shape index (κ1) is 12.1. The first-order valence-corrected chi connectivity index (χ1v) is 6.93. The number of ketones is 1. The molecule has 0 bridgehead atoms. The number of carbonyl (C=O) groups excluding carboxylic acids is 1. The Balaban J connectivity index is 2.01. The highest BCUT2D eigenvalue weighted by molar-refractivity contribution is 5.84. The molecule has 92 valence electrons. The van der Waals surface area contributed by atoms with Gasteiger partial charge >= 0.3 is 0 Å². The fourth-order valence-electron chi connectivity index (χ4n) is 3.49. The summed E-state index contributed by atoms with van der Waals surface area (Å²) in [5, 5.41) is 0. The third-order valence-corrected chi connectivity index (χ3v) is 4.11. The zero-order valence-corrected chi connectivity index (χ0v) is 10.7. The second kappa shape index (κ2) is 5.31. The molecule has 0 amide bonds. The molecule has 3 unspecified atom stereocenters. The lowest BCUT2D eigenvalue weighted by Crippen LogP contribution is -2.48. The highest BCUT2D eigenvalue weighted by Gasteiger charge is 2.31. The Hall–Kier alpha value is -0.370. The van der Waals surface area contributed by atoms with Crippen molar-refractivity contribution in [2.75, 3.05) is 13.1 Å². The fourth-order valence-corrected chi connectivity index (χ4v) is 3.49. The average Bonchev–Trinajstić information content (AvgIpc) is 2.41. The summed E-state index contributed by atoms with van der Waals surface area (Å²) in [5.74, 6) is 2.04. The molecule has 3 atom stereocenters. The molecule has 1 saturated heterocycles. The van der Waals surface area contributed by atoms with E-state index in [4.69, 9.17) is 0 Å². The molecule has 0 aromatic carbocycles. The third kappa shape index (κ3) is 2.85. The molecule has 2 aliphatic rings. The highest BCUT2D eigenvalue weighted by Crippen LogP contribution is 2.27. The molecule has 0 aromatic rings. The van der Waals surface area contributed by atoms with E-state index in [1.165, 1.54) is 19.3 Å². The molecule has 0 aromatic heterocycles. The second-order valence-electron chi connectivity index (χ2n) is 5.98. The van der Waals surface area contributed by atoms with Crippen LogP contribution in [0.1, 0.15) is 52.4 Å². The number of Topliss-reactive ketones (excluding diaryl/α,β-unsaturated/α-hetero) is 1. The van der Waals surface area contributed by atoms with Crippen LogP contribution in [0.25, 0.3) is 0 Å². The molecular formula is C14H25NO. The molecule has 2 fully saturated rings. The van der Waals surface area contributed by atoms with E-state index in [1.54, 1.807) is 0 Å². The summed E-state index contributed by atoms with van der Waals surface area (Å²) in [5.41, 5.74) is 0. The summed E-state index contributed by atoms with van der Waals surface area (Å²) in [7, 11) is 0. The highest BCUT2D eigenvalue weighted by atomic mass is 16.1. The second-order valence-corrected chi connectivity index (χ2v) is 5.98. The maximum atomic E-state index is 12.1. The van der Waals surface area contributed by atoms with Crippen molar-refractivity contribution in [1.29, 1.82) is 0 Å². The van der Waals surface area contributed by atoms with Crippen molar-refractivity contribution >= 4 is 5.78 Å². The molecular weight excluding hydrogens is 198 g/mol. The summed E-state index contributed by atoms with van der Waals surface area (Å²) >= 11 is 0. The van der Waals surface area contributed by atoms with Gasteiger partial charge in [-0.05, 0) is 31.1 Å². The molecule has 2 nitrogen and oxygen atoms in total. The molecule has 1 saturated carbocycles. The van der Waals surface area contributed by atoms with Crippen LogP contribution in [0, 0.1) is 11.8 Å². The van der Waals surface area contributed by atoms with E-state index in [-0.39, 0.29) is 6.04 Å². The van der Waals surface area contributed by atoms with E-state index in [0.29, 0.717) is 5.78 Å². The zero-order chi connectivity index (χ0) is 11.5. The van der Waals surface area contributed by atoms with Gasteiger partial charge < -0.3 is 0 Å². The van der Waals surface area contributed by atoms with E-state index in [9.17, 15) is 4.79 Å². The van der Waals surface area contributed by atoms with Gasteiger partial charge in [-0.25, -0.2) is 0 Å². The number of nitrogens with zero attached hydrogens (tertiary/aromatic N) is 1. The minimum atomic E-state index is 0.257. The van der Waals surface area contributed by atoms with E-state index in [0.717, 1.165) is 44.2 Å².